The van der Waals surface area contributed by atoms with Crippen LogP contribution in [0.3, 0.4) is 0 Å². The fourth-order valence-electron chi connectivity index (χ4n) is 2.71. The Morgan fingerprint density at radius 3 is 3.00 bits per heavy atom. The Balaban J connectivity index is 1.77. The first-order chi connectivity index (χ1) is 6.90. The van der Waals surface area contributed by atoms with Crippen LogP contribution in [-0.2, 0) is 4.74 Å². The van der Waals surface area contributed by atoms with Gasteiger partial charge in [0.25, 0.3) is 0 Å². The lowest BCUT2D eigenvalue weighted by Crippen LogP contribution is -2.41. The van der Waals surface area contributed by atoms with Gasteiger partial charge in [-0.1, -0.05) is 0 Å². The highest BCUT2D eigenvalue weighted by atomic mass is 16.5. The van der Waals surface area contributed by atoms with Gasteiger partial charge in [0.1, 0.15) is 0 Å². The van der Waals surface area contributed by atoms with Crippen LogP contribution in [0.25, 0.3) is 0 Å². The van der Waals surface area contributed by atoms with Crippen molar-refractivity contribution in [2.45, 2.75) is 37.8 Å². The summed E-state index contributed by atoms with van der Waals surface area (Å²) in [4.78, 5) is 2.60. The topological polar surface area (TPSA) is 24.5 Å². The molecular weight excluding hydrogens is 176 g/mol. The van der Waals surface area contributed by atoms with Crippen molar-refractivity contribution in [3.63, 3.8) is 0 Å². The molecule has 14 heavy (non-hydrogen) atoms. The van der Waals surface area contributed by atoms with Crippen molar-refractivity contribution in [3.8, 4) is 0 Å². The van der Waals surface area contributed by atoms with Crippen molar-refractivity contribution in [2.75, 3.05) is 33.4 Å². The first-order valence-corrected chi connectivity index (χ1v) is 5.86. The van der Waals surface area contributed by atoms with Gasteiger partial charge in [-0.05, 0) is 38.8 Å². The van der Waals surface area contributed by atoms with Gasteiger partial charge in [0.05, 0.1) is 6.61 Å². The fourth-order valence-corrected chi connectivity index (χ4v) is 2.71. The molecule has 0 amide bonds. The van der Waals surface area contributed by atoms with Crippen LogP contribution in [0.2, 0.25) is 0 Å². The van der Waals surface area contributed by atoms with E-state index >= 15 is 0 Å². The molecule has 0 aromatic carbocycles. The highest BCUT2D eigenvalue weighted by Gasteiger charge is 2.27. The van der Waals surface area contributed by atoms with E-state index in [1.54, 1.807) is 0 Å². The molecule has 2 saturated heterocycles. The van der Waals surface area contributed by atoms with Gasteiger partial charge in [0.2, 0.25) is 0 Å². The zero-order valence-electron chi connectivity index (χ0n) is 9.17. The number of hydrogen-bond acceptors (Lipinski definition) is 3. The van der Waals surface area contributed by atoms with E-state index in [1.165, 1.54) is 45.3 Å². The molecule has 0 radical (unpaired) electrons. The Morgan fingerprint density at radius 2 is 2.29 bits per heavy atom. The monoisotopic (exact) mass is 198 g/mol. The van der Waals surface area contributed by atoms with Crippen molar-refractivity contribution in [1.82, 2.24) is 10.2 Å². The highest BCUT2D eigenvalue weighted by Crippen LogP contribution is 2.19. The molecule has 2 rings (SSSR count). The number of nitrogens with zero attached hydrogens (tertiary/aromatic N) is 1. The van der Waals surface area contributed by atoms with E-state index in [1.807, 2.05) is 7.11 Å². The minimum atomic E-state index is 0.683. The van der Waals surface area contributed by atoms with Crippen molar-refractivity contribution in [3.05, 3.63) is 0 Å². The number of rotatable bonds is 4. The summed E-state index contributed by atoms with van der Waals surface area (Å²) in [6, 6.07) is 1.43. The highest BCUT2D eigenvalue weighted by molar-refractivity contribution is 4.85. The summed E-state index contributed by atoms with van der Waals surface area (Å²) in [6.45, 7) is 4.63. The summed E-state index contributed by atoms with van der Waals surface area (Å²) in [5.74, 6) is 0. The lowest BCUT2D eigenvalue weighted by Gasteiger charge is -2.26. The fraction of sp³-hybridized carbons (Fsp3) is 1.00. The van der Waals surface area contributed by atoms with Crippen molar-refractivity contribution in [1.29, 1.82) is 0 Å². The molecule has 2 aliphatic rings. The van der Waals surface area contributed by atoms with E-state index in [4.69, 9.17) is 4.74 Å². The van der Waals surface area contributed by atoms with Gasteiger partial charge in [-0.25, -0.2) is 0 Å². The van der Waals surface area contributed by atoms with E-state index in [9.17, 15) is 0 Å². The normalized spacial score (nSPS) is 34.1. The molecule has 2 heterocycles. The number of hydrogen-bond donors (Lipinski definition) is 1. The summed E-state index contributed by atoms with van der Waals surface area (Å²) in [6.07, 6.45) is 5.38. The van der Waals surface area contributed by atoms with E-state index < -0.39 is 0 Å². The summed E-state index contributed by atoms with van der Waals surface area (Å²) in [5.41, 5.74) is 0. The summed E-state index contributed by atoms with van der Waals surface area (Å²) < 4.78 is 5.26. The summed E-state index contributed by atoms with van der Waals surface area (Å²) >= 11 is 0. The maximum atomic E-state index is 5.26. The van der Waals surface area contributed by atoms with Crippen LogP contribution in [0.5, 0.6) is 0 Å². The number of methoxy groups -OCH3 is 1. The Bertz CT molecular complexity index is 169. The van der Waals surface area contributed by atoms with Gasteiger partial charge in [0, 0.05) is 25.7 Å². The third-order valence-electron chi connectivity index (χ3n) is 3.48. The second-order valence-electron chi connectivity index (χ2n) is 4.54. The number of nitrogens with one attached hydrogen (secondary N) is 1. The van der Waals surface area contributed by atoms with Gasteiger partial charge >= 0.3 is 0 Å². The van der Waals surface area contributed by atoms with Gasteiger partial charge in [-0.2, -0.15) is 0 Å². The first-order valence-electron chi connectivity index (χ1n) is 5.86. The van der Waals surface area contributed by atoms with Crippen LogP contribution >= 0.6 is 0 Å². The van der Waals surface area contributed by atoms with Gasteiger partial charge < -0.3 is 10.1 Å². The molecule has 1 N–H and O–H groups in total. The second kappa shape index (κ2) is 5.10. The maximum Gasteiger partial charge on any atom is 0.0618 e. The first kappa shape index (κ1) is 10.4. The molecule has 82 valence electrons. The largest absolute Gasteiger partial charge is 0.383 e. The average Bonchev–Trinajstić information content (AvgIpc) is 2.80. The Kier molecular flexibility index (Phi) is 3.79. The van der Waals surface area contributed by atoms with Crippen LogP contribution < -0.4 is 5.32 Å². The van der Waals surface area contributed by atoms with Crippen molar-refractivity contribution in [2.24, 2.45) is 0 Å². The van der Waals surface area contributed by atoms with E-state index in [2.05, 4.69) is 10.2 Å². The summed E-state index contributed by atoms with van der Waals surface area (Å²) in [7, 11) is 1.81. The minimum absolute atomic E-state index is 0.683. The molecular formula is C11H22N2O. The van der Waals surface area contributed by atoms with Crippen LogP contribution in [0, 0.1) is 0 Å². The predicted molar refractivity (Wildman–Crippen MR) is 57.5 cm³/mol. The molecule has 0 saturated carbocycles. The molecule has 3 nitrogen and oxygen atoms in total. The minimum Gasteiger partial charge on any atom is -0.383 e. The number of likely N-dealkylation sites (tertiary alicyclic amines) is 1. The molecule has 0 aromatic rings. The van der Waals surface area contributed by atoms with E-state index in [0.717, 1.165) is 12.6 Å². The third-order valence-corrected chi connectivity index (χ3v) is 3.48. The zero-order valence-corrected chi connectivity index (χ0v) is 9.17. The molecule has 2 fully saturated rings. The second-order valence-corrected chi connectivity index (χ2v) is 4.54. The third kappa shape index (κ3) is 2.47. The lowest BCUT2D eigenvalue weighted by atomic mass is 10.2. The van der Waals surface area contributed by atoms with Crippen molar-refractivity contribution >= 4 is 0 Å². The van der Waals surface area contributed by atoms with Crippen molar-refractivity contribution < 1.29 is 4.74 Å². The smallest absolute Gasteiger partial charge is 0.0618 e. The zero-order chi connectivity index (χ0) is 9.80. The molecule has 3 heteroatoms. The van der Waals surface area contributed by atoms with E-state index in [-0.39, 0.29) is 0 Å². The quantitative estimate of drug-likeness (QED) is 0.725. The maximum absolute atomic E-state index is 5.26. The Morgan fingerprint density at radius 1 is 1.36 bits per heavy atom. The van der Waals surface area contributed by atoms with Crippen LogP contribution in [-0.4, -0.2) is 50.3 Å². The molecule has 0 bridgehead atoms. The molecule has 0 unspecified atom stereocenters. The summed E-state index contributed by atoms with van der Waals surface area (Å²) in [5, 5.41) is 3.56. The molecule has 0 aromatic heterocycles. The van der Waals surface area contributed by atoms with Crippen LogP contribution in [0.4, 0.5) is 0 Å². The van der Waals surface area contributed by atoms with Crippen LogP contribution in [0.1, 0.15) is 25.7 Å². The molecule has 2 atom stereocenters. The lowest BCUT2D eigenvalue weighted by molar-refractivity contribution is 0.110. The van der Waals surface area contributed by atoms with Crippen LogP contribution in [0.15, 0.2) is 0 Å². The van der Waals surface area contributed by atoms with E-state index in [0.29, 0.717) is 6.04 Å². The van der Waals surface area contributed by atoms with Gasteiger partial charge in [0.15, 0.2) is 0 Å². The Hall–Kier alpha value is -0.120. The van der Waals surface area contributed by atoms with Gasteiger partial charge in [-0.3, -0.25) is 4.90 Å². The predicted octanol–water partition coefficient (Wildman–Crippen LogP) is 0.849. The molecule has 0 aliphatic carbocycles. The molecule has 0 spiro atoms. The number of ether oxygens (including phenoxy) is 1. The standard InChI is InChI=1S/C11H22N2O/c1-14-9-11-5-3-7-13(11)8-10-4-2-6-12-10/h10-12H,2-9H2,1H3/t10-,11-/m0/s1. The van der Waals surface area contributed by atoms with Gasteiger partial charge in [-0.15, -0.1) is 0 Å². The SMILES string of the molecule is COC[C@@H]1CCCN1C[C@@H]1CCCN1. The molecule has 2 aliphatic heterocycles. The average molecular weight is 198 g/mol. The Labute approximate surface area is 86.8 Å².